The Hall–Kier alpha value is -2.68. The molecule has 2 N–H and O–H groups in total. The number of carbonyl (C=O) groups is 2. The molecule has 5 atom stereocenters. The number of hydrogen-bond donors (Lipinski definition) is 2. The molecular weight excluding hydrogens is 502 g/mol. The maximum atomic E-state index is 12.4. The van der Waals surface area contributed by atoms with Crippen LogP contribution in [0.1, 0.15) is 65.3 Å². The number of cyclic esters (lactones) is 1. The minimum Gasteiger partial charge on any atom is -0.457 e. The van der Waals surface area contributed by atoms with Gasteiger partial charge in [-0.25, -0.2) is 4.79 Å². The van der Waals surface area contributed by atoms with E-state index in [0.717, 1.165) is 61.4 Å². The monoisotopic (exact) mass is 535 g/mol. The molecule has 2 saturated carbocycles. The first-order chi connectivity index (χ1) is 18.3. The van der Waals surface area contributed by atoms with Gasteiger partial charge in [0.1, 0.15) is 6.61 Å². The van der Waals surface area contributed by atoms with Crippen LogP contribution >= 0.6 is 11.6 Å². The van der Waals surface area contributed by atoms with Crippen LogP contribution < -0.4 is 10.9 Å². The zero-order valence-electron chi connectivity index (χ0n) is 21.9. The van der Waals surface area contributed by atoms with Gasteiger partial charge >= 0.3 is 5.97 Å². The van der Waals surface area contributed by atoms with Crippen LogP contribution in [0.5, 0.6) is 0 Å². The van der Waals surface area contributed by atoms with Crippen molar-refractivity contribution < 1.29 is 14.3 Å². The summed E-state index contributed by atoms with van der Waals surface area (Å²) in [5.41, 5.74) is 12.9. The second-order valence-corrected chi connectivity index (χ2v) is 12.7. The summed E-state index contributed by atoms with van der Waals surface area (Å²) in [6.07, 6.45) is 4.46. The van der Waals surface area contributed by atoms with Gasteiger partial charge in [-0.3, -0.25) is 20.3 Å². The summed E-state index contributed by atoms with van der Waals surface area (Å²) in [4.78, 5) is 26.3. The molecule has 4 heterocycles. The number of aromatic nitrogens is 2. The number of nitrogens with one attached hydrogen (secondary N) is 2. The van der Waals surface area contributed by atoms with E-state index in [1.54, 1.807) is 0 Å². The number of hydrazine groups is 1. The molecule has 8 nitrogen and oxygen atoms in total. The second-order valence-electron chi connectivity index (χ2n) is 12.2. The molecule has 3 aliphatic heterocycles. The first kappa shape index (κ1) is 24.4. The first-order valence-corrected chi connectivity index (χ1v) is 14.2. The highest BCUT2D eigenvalue weighted by Crippen LogP contribution is 2.56. The second kappa shape index (κ2) is 8.66. The number of halogens is 1. The van der Waals surface area contributed by atoms with Crippen LogP contribution in [0.3, 0.4) is 0 Å². The van der Waals surface area contributed by atoms with Gasteiger partial charge in [0.25, 0.3) is 0 Å². The van der Waals surface area contributed by atoms with E-state index >= 15 is 0 Å². The summed E-state index contributed by atoms with van der Waals surface area (Å²) in [7, 11) is 0. The van der Waals surface area contributed by atoms with E-state index in [2.05, 4.69) is 42.0 Å². The fourth-order valence-corrected chi connectivity index (χ4v) is 8.26. The van der Waals surface area contributed by atoms with Crippen molar-refractivity contribution in [1.82, 2.24) is 25.5 Å². The number of likely N-dealkylation sites (tertiary alicyclic amines) is 1. The van der Waals surface area contributed by atoms with Gasteiger partial charge in [-0.15, -0.1) is 11.6 Å². The zero-order valence-corrected chi connectivity index (χ0v) is 22.6. The van der Waals surface area contributed by atoms with Crippen LogP contribution in [0.4, 0.5) is 0 Å². The summed E-state index contributed by atoms with van der Waals surface area (Å²) in [5, 5.41) is 5.26. The Kier molecular flexibility index (Phi) is 5.55. The number of amides is 1. The molecule has 4 fully saturated rings. The van der Waals surface area contributed by atoms with Crippen molar-refractivity contribution in [3.8, 4) is 11.3 Å². The molecule has 5 unspecified atom stereocenters. The molecular formula is C29H34ClN5O3. The molecule has 0 bridgehead atoms. The normalized spacial score (nSPS) is 31.4. The number of hydrogen-bond acceptors (Lipinski definition) is 6. The average Bonchev–Trinajstić information content (AvgIpc) is 3.56. The third-order valence-electron chi connectivity index (χ3n) is 9.83. The Morgan fingerprint density at radius 3 is 2.87 bits per heavy atom. The lowest BCUT2D eigenvalue weighted by Gasteiger charge is -2.58. The average molecular weight is 536 g/mol. The minimum atomic E-state index is -0.269. The van der Waals surface area contributed by atoms with Gasteiger partial charge in [-0.1, -0.05) is 25.6 Å². The summed E-state index contributed by atoms with van der Waals surface area (Å²) >= 11 is 7.24. The number of esters is 1. The number of nitrogens with zero attached hydrogens (tertiary/aromatic N) is 3. The van der Waals surface area contributed by atoms with Gasteiger partial charge in [0.15, 0.2) is 0 Å². The summed E-state index contributed by atoms with van der Waals surface area (Å²) in [6.45, 7) is 10.8. The molecule has 5 aliphatic rings. The van der Waals surface area contributed by atoms with Crippen molar-refractivity contribution in [3.05, 3.63) is 53.2 Å². The van der Waals surface area contributed by atoms with Crippen molar-refractivity contribution in [2.24, 2.45) is 17.3 Å². The van der Waals surface area contributed by atoms with Gasteiger partial charge in [-0.05, 0) is 50.2 Å². The molecule has 1 aromatic heterocycles. The summed E-state index contributed by atoms with van der Waals surface area (Å²) < 4.78 is 7.50. The Morgan fingerprint density at radius 2 is 2.11 bits per heavy atom. The predicted octanol–water partition coefficient (Wildman–Crippen LogP) is 3.70. The molecule has 7 rings (SSSR count). The highest BCUT2D eigenvalue weighted by molar-refractivity contribution is 6.21. The number of fused-ring (bicyclic) bond motifs is 2. The Bertz CT molecular complexity index is 1340. The van der Waals surface area contributed by atoms with Crippen molar-refractivity contribution in [3.63, 3.8) is 0 Å². The largest absolute Gasteiger partial charge is 0.457 e. The lowest BCUT2D eigenvalue weighted by molar-refractivity contribution is -0.149. The number of benzene rings is 1. The van der Waals surface area contributed by atoms with Gasteiger partial charge < -0.3 is 9.64 Å². The van der Waals surface area contributed by atoms with Crippen molar-refractivity contribution in [2.45, 2.75) is 63.1 Å². The number of ether oxygens (including phenoxy) is 1. The van der Waals surface area contributed by atoms with Crippen molar-refractivity contribution in [2.75, 3.05) is 19.6 Å². The Morgan fingerprint density at radius 1 is 1.32 bits per heavy atom. The highest BCUT2D eigenvalue weighted by atomic mass is 35.5. The molecule has 2 aromatic rings. The first-order valence-electron chi connectivity index (χ1n) is 13.7. The predicted molar refractivity (Wildman–Crippen MR) is 144 cm³/mol. The topological polar surface area (TPSA) is 88.5 Å². The standard InChI is InChI=1S/C29H34ClN5O3/c1-4-23(36)34-13-29(14-34)9-19(10-29)35-16(3)24(25-21-11-31-32-22(21)7-15(2)26(25)30)27(33-35)17-5-6-18-12-38-28(37)20(18)8-17/h4-6,8,15,19,21-22,25-26,31-32H,1,7,9-14H2,2-3H3. The van der Waals surface area contributed by atoms with Crippen molar-refractivity contribution >= 4 is 23.5 Å². The molecule has 1 spiro atoms. The molecule has 0 radical (unpaired) electrons. The highest BCUT2D eigenvalue weighted by Gasteiger charge is 2.55. The summed E-state index contributed by atoms with van der Waals surface area (Å²) in [5.74, 6) is 0.601. The molecule has 200 valence electrons. The third kappa shape index (κ3) is 3.53. The quantitative estimate of drug-likeness (QED) is 0.352. The lowest BCUT2D eigenvalue weighted by atomic mass is 9.60. The molecule has 2 aliphatic carbocycles. The number of alkyl halides is 1. The van der Waals surface area contributed by atoms with E-state index in [9.17, 15) is 9.59 Å². The van der Waals surface area contributed by atoms with Crippen LogP contribution in [0.25, 0.3) is 11.3 Å². The van der Waals surface area contributed by atoms with E-state index in [4.69, 9.17) is 21.4 Å². The van der Waals surface area contributed by atoms with Crippen LogP contribution in [0.15, 0.2) is 30.9 Å². The van der Waals surface area contributed by atoms with Gasteiger partial charge in [-0.2, -0.15) is 5.10 Å². The van der Waals surface area contributed by atoms with E-state index < -0.39 is 0 Å². The maximum absolute atomic E-state index is 12.4. The van der Waals surface area contributed by atoms with Crippen molar-refractivity contribution in [1.29, 1.82) is 0 Å². The molecule has 1 aromatic carbocycles. The smallest absolute Gasteiger partial charge is 0.338 e. The Balaban J connectivity index is 1.28. The Labute approximate surface area is 227 Å². The van der Waals surface area contributed by atoms with Gasteiger partial charge in [0.2, 0.25) is 5.91 Å². The fourth-order valence-electron chi connectivity index (χ4n) is 7.84. The van der Waals surface area contributed by atoms with Crippen LogP contribution in [-0.4, -0.2) is 57.6 Å². The van der Waals surface area contributed by atoms with Gasteiger partial charge in [0, 0.05) is 64.8 Å². The van der Waals surface area contributed by atoms with Gasteiger partial charge in [0.05, 0.1) is 17.3 Å². The van der Waals surface area contributed by atoms with Crippen LogP contribution in [-0.2, 0) is 16.1 Å². The zero-order chi connectivity index (χ0) is 26.3. The van der Waals surface area contributed by atoms with E-state index in [0.29, 0.717) is 30.0 Å². The number of carbonyl (C=O) groups excluding carboxylic acids is 2. The van der Waals surface area contributed by atoms with E-state index in [1.807, 2.05) is 17.0 Å². The molecule has 9 heteroatoms. The van der Waals surface area contributed by atoms with E-state index in [1.165, 1.54) is 11.6 Å². The van der Waals surface area contributed by atoms with Crippen LogP contribution in [0, 0.1) is 24.2 Å². The fraction of sp³-hybridized carbons (Fsp3) is 0.552. The molecule has 38 heavy (non-hydrogen) atoms. The summed E-state index contributed by atoms with van der Waals surface area (Å²) in [6, 6.07) is 6.67. The third-order valence-corrected chi connectivity index (χ3v) is 10.5. The molecule has 1 amide bonds. The van der Waals surface area contributed by atoms with E-state index in [-0.39, 0.29) is 34.6 Å². The maximum Gasteiger partial charge on any atom is 0.338 e. The number of rotatable bonds is 4. The molecule has 2 saturated heterocycles. The minimum absolute atomic E-state index is 0.00900. The SMILES string of the molecule is C=CC(=O)N1CC2(CC(n3nc(-c4ccc5c(c4)C(=O)OC5)c(C4C(Cl)C(C)CC5NNCC54)c3C)C2)C1. The van der Waals surface area contributed by atoms with Crippen LogP contribution in [0.2, 0.25) is 0 Å². The lowest BCUT2D eigenvalue weighted by Crippen LogP contribution is -2.63.